The number of nitro benzene ring substituents is 1. The Morgan fingerprint density at radius 3 is 2.88 bits per heavy atom. The lowest BCUT2D eigenvalue weighted by atomic mass is 10.1. The van der Waals surface area contributed by atoms with Gasteiger partial charge in [0.2, 0.25) is 0 Å². The Morgan fingerprint density at radius 2 is 2.23 bits per heavy atom. The molecule has 26 heavy (non-hydrogen) atoms. The molecular weight excluding hydrogens is 362 g/mol. The fourth-order valence-corrected chi connectivity index (χ4v) is 2.63. The predicted octanol–water partition coefficient (Wildman–Crippen LogP) is 3.31. The summed E-state index contributed by atoms with van der Waals surface area (Å²) in [7, 11) is 0. The second kappa shape index (κ2) is 9.82. The molecular formula is C16H17N3O6S. The average Bonchev–Trinajstić information content (AvgIpc) is 2.65. The minimum Gasteiger partial charge on any atom is -0.466 e. The maximum Gasteiger partial charge on any atom is 0.307 e. The van der Waals surface area contributed by atoms with Gasteiger partial charge in [0, 0.05) is 29.4 Å². The van der Waals surface area contributed by atoms with Gasteiger partial charge in [-0.25, -0.2) is 0 Å². The summed E-state index contributed by atoms with van der Waals surface area (Å²) < 4.78 is 10.1. The number of aromatic nitrogens is 1. The normalized spacial score (nSPS) is 12.0. The molecule has 0 aliphatic heterocycles. The Hall–Kier alpha value is -2.53. The van der Waals surface area contributed by atoms with Crippen molar-refractivity contribution < 1.29 is 23.9 Å². The van der Waals surface area contributed by atoms with Gasteiger partial charge in [-0.3, -0.25) is 25.1 Å². The van der Waals surface area contributed by atoms with Gasteiger partial charge >= 0.3 is 5.97 Å². The molecule has 10 heteroatoms. The molecule has 0 radical (unpaired) electrons. The maximum absolute atomic E-state index is 11.8. The number of pyridine rings is 1. The molecule has 0 aliphatic carbocycles. The Kier molecular flexibility index (Phi) is 7.48. The lowest BCUT2D eigenvalue weighted by molar-refractivity contribution is -0.385. The van der Waals surface area contributed by atoms with Crippen molar-refractivity contribution in [2.75, 3.05) is 6.61 Å². The predicted molar refractivity (Wildman–Crippen MR) is 91.9 cm³/mol. The number of carbonyl (C=O) groups excluding carboxylic acids is 1. The highest BCUT2D eigenvalue weighted by Crippen LogP contribution is 2.29. The van der Waals surface area contributed by atoms with Gasteiger partial charge in [0.1, 0.15) is 6.04 Å². The highest BCUT2D eigenvalue weighted by molar-refractivity contribution is 7.94. The zero-order valence-electron chi connectivity index (χ0n) is 13.8. The summed E-state index contributed by atoms with van der Waals surface area (Å²) in [6.07, 6.45) is 2.89. The monoisotopic (exact) mass is 379 g/mol. The quantitative estimate of drug-likeness (QED) is 0.303. The number of nitrogens with zero attached hydrogens (tertiary/aromatic N) is 3. The van der Waals surface area contributed by atoms with E-state index in [0.717, 1.165) is 12.0 Å². The van der Waals surface area contributed by atoms with Crippen molar-refractivity contribution in [3.8, 4) is 0 Å². The number of hydrogen-bond acceptors (Lipinski definition) is 9. The van der Waals surface area contributed by atoms with Gasteiger partial charge < -0.3 is 4.74 Å². The Morgan fingerprint density at radius 1 is 1.42 bits per heavy atom. The van der Waals surface area contributed by atoms with Gasteiger partial charge in [-0.2, -0.15) is 4.28 Å². The van der Waals surface area contributed by atoms with Crippen molar-refractivity contribution >= 4 is 23.7 Å². The maximum atomic E-state index is 11.8. The van der Waals surface area contributed by atoms with E-state index in [2.05, 4.69) is 4.98 Å². The van der Waals surface area contributed by atoms with Crippen molar-refractivity contribution in [3.63, 3.8) is 0 Å². The zero-order chi connectivity index (χ0) is 18.9. The molecule has 1 N–H and O–H groups in total. The SMILES string of the molecule is CCOC(=O)CC(c1cccnc1)N(O)OSc1cccc([N+](=O)[O-])c1. The number of carbonyl (C=O) groups is 1. The zero-order valence-corrected chi connectivity index (χ0v) is 14.7. The molecule has 0 bridgehead atoms. The molecule has 1 atom stereocenters. The third kappa shape index (κ3) is 5.77. The van der Waals surface area contributed by atoms with Crippen LogP contribution in [0.4, 0.5) is 5.69 Å². The molecule has 1 aromatic carbocycles. The first-order chi connectivity index (χ1) is 12.5. The van der Waals surface area contributed by atoms with Crippen LogP contribution >= 0.6 is 12.0 Å². The minimum absolute atomic E-state index is 0.0987. The van der Waals surface area contributed by atoms with E-state index in [4.69, 9.17) is 9.02 Å². The highest BCUT2D eigenvalue weighted by atomic mass is 32.2. The second-order valence-electron chi connectivity index (χ2n) is 5.03. The summed E-state index contributed by atoms with van der Waals surface area (Å²) in [4.78, 5) is 26.5. The molecule has 9 nitrogen and oxygen atoms in total. The van der Waals surface area contributed by atoms with Crippen LogP contribution in [0.25, 0.3) is 0 Å². The van der Waals surface area contributed by atoms with Crippen LogP contribution in [0, 0.1) is 10.1 Å². The molecule has 1 heterocycles. The van der Waals surface area contributed by atoms with E-state index in [1.807, 2.05) is 0 Å². The highest BCUT2D eigenvalue weighted by Gasteiger charge is 2.25. The van der Waals surface area contributed by atoms with E-state index in [9.17, 15) is 20.1 Å². The van der Waals surface area contributed by atoms with Crippen LogP contribution in [0.2, 0.25) is 0 Å². The van der Waals surface area contributed by atoms with Gasteiger partial charge in [-0.05, 0) is 29.8 Å². The van der Waals surface area contributed by atoms with Crippen molar-refractivity contribution in [2.24, 2.45) is 0 Å². The van der Waals surface area contributed by atoms with Gasteiger partial charge in [0.25, 0.3) is 5.69 Å². The molecule has 0 saturated carbocycles. The summed E-state index contributed by atoms with van der Waals surface area (Å²) in [6, 6.07) is 8.24. The molecule has 0 amide bonds. The molecule has 1 aromatic heterocycles. The first-order valence-corrected chi connectivity index (χ1v) is 8.38. The molecule has 0 saturated heterocycles. The number of nitro groups is 1. The van der Waals surface area contributed by atoms with Crippen LogP contribution in [0.5, 0.6) is 0 Å². The standard InChI is InChI=1S/C16H17N3O6S/c1-2-24-16(20)10-15(12-5-4-8-17-11-12)19(23)25-26-14-7-3-6-13(9-14)18(21)22/h3-9,11,15,23H,2,10H2,1H3. The number of non-ortho nitro benzene ring substituents is 1. The molecule has 138 valence electrons. The van der Waals surface area contributed by atoms with Crippen molar-refractivity contribution in [3.05, 3.63) is 64.5 Å². The van der Waals surface area contributed by atoms with Crippen molar-refractivity contribution in [1.29, 1.82) is 0 Å². The third-order valence-electron chi connectivity index (χ3n) is 3.24. The van der Waals surface area contributed by atoms with E-state index < -0.39 is 16.9 Å². The summed E-state index contributed by atoms with van der Waals surface area (Å²) in [5.41, 5.74) is 0.445. The largest absolute Gasteiger partial charge is 0.466 e. The topological polar surface area (TPSA) is 115 Å². The molecule has 2 aromatic rings. The van der Waals surface area contributed by atoms with Crippen molar-refractivity contribution in [1.82, 2.24) is 10.2 Å². The van der Waals surface area contributed by atoms with E-state index in [1.54, 1.807) is 31.3 Å². The van der Waals surface area contributed by atoms with Crippen LogP contribution in [0.3, 0.4) is 0 Å². The average molecular weight is 379 g/mol. The molecule has 1 unspecified atom stereocenters. The summed E-state index contributed by atoms with van der Waals surface area (Å²) in [5, 5.41) is 21.6. The fraction of sp³-hybridized carbons (Fsp3) is 0.250. The van der Waals surface area contributed by atoms with E-state index in [0.29, 0.717) is 15.7 Å². The Labute approximate surface area is 153 Å². The second-order valence-corrected chi connectivity index (χ2v) is 5.81. The Bertz CT molecular complexity index is 746. The lowest BCUT2D eigenvalue weighted by Crippen LogP contribution is -2.26. The van der Waals surface area contributed by atoms with Crippen LogP contribution in [0.1, 0.15) is 24.9 Å². The van der Waals surface area contributed by atoms with Crippen LogP contribution in [-0.4, -0.2) is 32.9 Å². The minimum atomic E-state index is -0.853. The lowest BCUT2D eigenvalue weighted by Gasteiger charge is -2.23. The third-order valence-corrected chi connectivity index (χ3v) is 3.91. The van der Waals surface area contributed by atoms with Crippen LogP contribution in [-0.2, 0) is 13.8 Å². The number of benzene rings is 1. The van der Waals surface area contributed by atoms with Crippen LogP contribution < -0.4 is 0 Å². The van der Waals surface area contributed by atoms with E-state index in [-0.39, 0.29) is 18.7 Å². The summed E-state index contributed by atoms with van der Waals surface area (Å²) in [5.74, 6) is -0.510. The number of esters is 1. The van der Waals surface area contributed by atoms with Gasteiger partial charge in [-0.1, -0.05) is 12.1 Å². The first-order valence-electron chi connectivity index (χ1n) is 7.64. The number of rotatable bonds is 9. The van der Waals surface area contributed by atoms with Crippen molar-refractivity contribution in [2.45, 2.75) is 24.3 Å². The number of hydroxylamine groups is 2. The summed E-state index contributed by atoms with van der Waals surface area (Å²) in [6.45, 7) is 1.90. The first kappa shape index (κ1) is 19.8. The van der Waals surface area contributed by atoms with E-state index >= 15 is 0 Å². The smallest absolute Gasteiger partial charge is 0.307 e. The number of ether oxygens (including phenoxy) is 1. The molecule has 2 rings (SSSR count). The van der Waals surface area contributed by atoms with Gasteiger partial charge in [0.15, 0.2) is 0 Å². The fourth-order valence-electron chi connectivity index (χ4n) is 2.06. The number of hydrogen-bond donors (Lipinski definition) is 1. The Balaban J connectivity index is 2.08. The summed E-state index contributed by atoms with van der Waals surface area (Å²) >= 11 is 0.722. The molecule has 0 aliphatic rings. The molecule has 0 fully saturated rings. The molecule has 0 spiro atoms. The van der Waals surface area contributed by atoms with Gasteiger partial charge in [-0.15, -0.1) is 0 Å². The van der Waals surface area contributed by atoms with Crippen LogP contribution in [0.15, 0.2) is 53.7 Å². The van der Waals surface area contributed by atoms with Gasteiger partial charge in [0.05, 0.1) is 30.0 Å². The van der Waals surface area contributed by atoms with E-state index in [1.165, 1.54) is 24.4 Å².